The Morgan fingerprint density at radius 2 is 2.15 bits per heavy atom. The molecule has 0 saturated carbocycles. The van der Waals surface area contributed by atoms with Crippen LogP contribution in [0.1, 0.15) is 30.3 Å². The van der Waals surface area contributed by atoms with Crippen LogP contribution in [0.25, 0.3) is 10.9 Å². The maximum Gasteiger partial charge on any atom is 0.268 e. The zero-order chi connectivity index (χ0) is 14.2. The zero-order valence-electron chi connectivity index (χ0n) is 11.5. The molecule has 0 bridgehead atoms. The fourth-order valence-electron chi connectivity index (χ4n) is 2.59. The van der Waals surface area contributed by atoms with Gasteiger partial charge >= 0.3 is 0 Å². The van der Waals surface area contributed by atoms with E-state index in [0.29, 0.717) is 24.6 Å². The van der Waals surface area contributed by atoms with Crippen LogP contribution in [0.2, 0.25) is 0 Å². The summed E-state index contributed by atoms with van der Waals surface area (Å²) in [6, 6.07) is 7.48. The van der Waals surface area contributed by atoms with Gasteiger partial charge in [-0.25, -0.2) is 0 Å². The maximum absolute atomic E-state index is 12.4. The Morgan fingerprint density at radius 3 is 2.85 bits per heavy atom. The van der Waals surface area contributed by atoms with Crippen LogP contribution in [0.3, 0.4) is 0 Å². The molecule has 1 amide bonds. The topological polar surface area (TPSA) is 80.1 Å². The number of ether oxygens (including phenoxy) is 1. The molecule has 0 spiro atoms. The predicted molar refractivity (Wildman–Crippen MR) is 78.6 cm³/mol. The molecule has 1 aromatic carbocycles. The van der Waals surface area contributed by atoms with Gasteiger partial charge in [0.15, 0.2) is 0 Å². The SMILES string of the molecule is CC1(NC(=O)c2cc3cccc(N)c3[nH]2)CCOCC1. The van der Waals surface area contributed by atoms with E-state index in [1.54, 1.807) is 0 Å². The fourth-order valence-corrected chi connectivity index (χ4v) is 2.59. The van der Waals surface area contributed by atoms with Crippen molar-refractivity contribution in [1.29, 1.82) is 0 Å². The van der Waals surface area contributed by atoms with Crippen LogP contribution in [0.5, 0.6) is 0 Å². The Labute approximate surface area is 117 Å². The molecule has 1 aliphatic rings. The van der Waals surface area contributed by atoms with Crippen molar-refractivity contribution in [3.63, 3.8) is 0 Å². The third-order valence-corrected chi connectivity index (χ3v) is 3.94. The molecule has 20 heavy (non-hydrogen) atoms. The molecule has 0 aliphatic carbocycles. The number of nitrogens with one attached hydrogen (secondary N) is 2. The molecule has 2 aromatic rings. The lowest BCUT2D eigenvalue weighted by atomic mass is 9.92. The minimum atomic E-state index is -0.196. The van der Waals surface area contributed by atoms with E-state index < -0.39 is 0 Å². The number of H-pyrrole nitrogens is 1. The van der Waals surface area contributed by atoms with Gasteiger partial charge in [-0.05, 0) is 31.9 Å². The summed E-state index contributed by atoms with van der Waals surface area (Å²) in [5, 5.41) is 4.05. The first-order valence-corrected chi connectivity index (χ1v) is 6.85. The van der Waals surface area contributed by atoms with Crippen LogP contribution >= 0.6 is 0 Å². The third-order valence-electron chi connectivity index (χ3n) is 3.94. The molecule has 1 aromatic heterocycles. The number of anilines is 1. The Balaban J connectivity index is 1.83. The van der Waals surface area contributed by atoms with Crippen LogP contribution in [0, 0.1) is 0 Å². The van der Waals surface area contributed by atoms with Crippen molar-refractivity contribution < 1.29 is 9.53 Å². The minimum absolute atomic E-state index is 0.0926. The van der Waals surface area contributed by atoms with Crippen LogP contribution in [0.15, 0.2) is 24.3 Å². The number of hydrogen-bond acceptors (Lipinski definition) is 3. The van der Waals surface area contributed by atoms with Gasteiger partial charge in [-0.1, -0.05) is 12.1 Å². The highest BCUT2D eigenvalue weighted by Gasteiger charge is 2.29. The Bertz CT molecular complexity index is 642. The lowest BCUT2D eigenvalue weighted by Gasteiger charge is -2.34. The molecule has 1 saturated heterocycles. The van der Waals surface area contributed by atoms with Gasteiger partial charge in [0.05, 0.1) is 11.2 Å². The molecule has 0 unspecified atom stereocenters. The number of carbonyl (C=O) groups is 1. The molecule has 0 radical (unpaired) electrons. The number of fused-ring (bicyclic) bond motifs is 1. The van der Waals surface area contributed by atoms with Crippen molar-refractivity contribution in [2.24, 2.45) is 0 Å². The number of aromatic nitrogens is 1. The van der Waals surface area contributed by atoms with Gasteiger partial charge in [-0.15, -0.1) is 0 Å². The summed E-state index contributed by atoms with van der Waals surface area (Å²) >= 11 is 0. The molecule has 3 rings (SSSR count). The summed E-state index contributed by atoms with van der Waals surface area (Å²) in [5.74, 6) is -0.0926. The van der Waals surface area contributed by atoms with E-state index in [2.05, 4.69) is 17.2 Å². The largest absolute Gasteiger partial charge is 0.397 e. The molecule has 4 N–H and O–H groups in total. The number of benzene rings is 1. The van der Waals surface area contributed by atoms with Gasteiger partial charge in [-0.2, -0.15) is 0 Å². The van der Waals surface area contributed by atoms with Crippen LogP contribution in [-0.2, 0) is 4.74 Å². The highest BCUT2D eigenvalue weighted by molar-refractivity contribution is 6.01. The molecule has 2 heterocycles. The zero-order valence-corrected chi connectivity index (χ0v) is 11.5. The molecular formula is C15H19N3O2. The van der Waals surface area contributed by atoms with Crippen molar-refractivity contribution >= 4 is 22.5 Å². The second-order valence-corrected chi connectivity index (χ2v) is 5.62. The number of aromatic amines is 1. The van der Waals surface area contributed by atoms with E-state index in [1.165, 1.54) is 0 Å². The summed E-state index contributed by atoms with van der Waals surface area (Å²) in [7, 11) is 0. The van der Waals surface area contributed by atoms with Crippen LogP contribution < -0.4 is 11.1 Å². The summed E-state index contributed by atoms with van der Waals surface area (Å²) in [6.45, 7) is 3.44. The molecule has 0 atom stereocenters. The standard InChI is InChI=1S/C15H19N3O2/c1-15(5-7-20-8-6-15)18-14(19)12-9-10-3-2-4-11(16)13(10)17-12/h2-4,9,17H,5-8,16H2,1H3,(H,18,19). The van der Waals surface area contributed by atoms with Gasteiger partial charge in [-0.3, -0.25) is 4.79 Å². The highest BCUT2D eigenvalue weighted by Crippen LogP contribution is 2.23. The second-order valence-electron chi connectivity index (χ2n) is 5.62. The highest BCUT2D eigenvalue weighted by atomic mass is 16.5. The first kappa shape index (κ1) is 13.0. The molecule has 1 aliphatic heterocycles. The Hall–Kier alpha value is -2.01. The summed E-state index contributed by atoms with van der Waals surface area (Å²) < 4.78 is 5.34. The van der Waals surface area contributed by atoms with Crippen molar-refractivity contribution in [3.8, 4) is 0 Å². The normalized spacial score (nSPS) is 18.1. The Kier molecular flexibility index (Phi) is 3.14. The lowest BCUT2D eigenvalue weighted by molar-refractivity contribution is 0.0421. The van der Waals surface area contributed by atoms with E-state index in [1.807, 2.05) is 24.3 Å². The van der Waals surface area contributed by atoms with Crippen molar-refractivity contribution in [2.45, 2.75) is 25.3 Å². The van der Waals surface area contributed by atoms with Crippen molar-refractivity contribution in [2.75, 3.05) is 18.9 Å². The molecular weight excluding hydrogens is 254 g/mol. The minimum Gasteiger partial charge on any atom is -0.397 e. The molecule has 5 heteroatoms. The number of amides is 1. The van der Waals surface area contributed by atoms with Gasteiger partial charge in [0.25, 0.3) is 5.91 Å². The quantitative estimate of drug-likeness (QED) is 0.733. The van der Waals surface area contributed by atoms with E-state index in [9.17, 15) is 4.79 Å². The average molecular weight is 273 g/mol. The van der Waals surface area contributed by atoms with E-state index in [0.717, 1.165) is 23.7 Å². The first-order chi connectivity index (χ1) is 9.57. The third kappa shape index (κ3) is 2.36. The van der Waals surface area contributed by atoms with Gasteiger partial charge in [0.1, 0.15) is 5.69 Å². The summed E-state index contributed by atoms with van der Waals surface area (Å²) in [5.41, 5.74) is 7.72. The second kappa shape index (κ2) is 4.83. The smallest absolute Gasteiger partial charge is 0.268 e. The number of para-hydroxylation sites is 1. The number of nitrogens with two attached hydrogens (primary N) is 1. The number of nitrogen functional groups attached to an aromatic ring is 1. The molecule has 106 valence electrons. The summed E-state index contributed by atoms with van der Waals surface area (Å²) in [6.07, 6.45) is 1.67. The number of hydrogen-bond donors (Lipinski definition) is 3. The van der Waals surface area contributed by atoms with Crippen LogP contribution in [0.4, 0.5) is 5.69 Å². The lowest BCUT2D eigenvalue weighted by Crippen LogP contribution is -2.49. The number of rotatable bonds is 2. The Morgan fingerprint density at radius 1 is 1.40 bits per heavy atom. The van der Waals surface area contributed by atoms with Crippen LogP contribution in [-0.4, -0.2) is 29.6 Å². The van der Waals surface area contributed by atoms with Gasteiger partial charge in [0, 0.05) is 24.1 Å². The van der Waals surface area contributed by atoms with Gasteiger partial charge < -0.3 is 20.8 Å². The van der Waals surface area contributed by atoms with E-state index in [-0.39, 0.29) is 11.4 Å². The monoisotopic (exact) mass is 273 g/mol. The van der Waals surface area contributed by atoms with E-state index in [4.69, 9.17) is 10.5 Å². The average Bonchev–Trinajstić information content (AvgIpc) is 2.85. The molecule has 5 nitrogen and oxygen atoms in total. The predicted octanol–water partition coefficient (Wildman–Crippen LogP) is 2.05. The van der Waals surface area contributed by atoms with E-state index >= 15 is 0 Å². The van der Waals surface area contributed by atoms with Crippen molar-refractivity contribution in [3.05, 3.63) is 30.0 Å². The molecule has 1 fully saturated rings. The first-order valence-electron chi connectivity index (χ1n) is 6.85. The van der Waals surface area contributed by atoms with Crippen molar-refractivity contribution in [1.82, 2.24) is 10.3 Å². The number of carbonyl (C=O) groups excluding carboxylic acids is 1. The summed E-state index contributed by atoms with van der Waals surface area (Å²) in [4.78, 5) is 15.5. The van der Waals surface area contributed by atoms with Gasteiger partial charge in [0.2, 0.25) is 0 Å². The fraction of sp³-hybridized carbons (Fsp3) is 0.400. The maximum atomic E-state index is 12.4.